The van der Waals surface area contributed by atoms with Crippen LogP contribution in [0.5, 0.6) is 0 Å². The second-order valence-electron chi connectivity index (χ2n) is 3.95. The van der Waals surface area contributed by atoms with Crippen LogP contribution >= 0.6 is 11.6 Å². The third-order valence-electron chi connectivity index (χ3n) is 2.43. The Labute approximate surface area is 93.3 Å². The molecule has 0 spiro atoms. The standard InChI is InChI=1S/C11H13ClO3/c1-11(2,10(14)15)9(13)7-5-3-4-6-8(7)12/h3-6,9,13H,1-2H3,(H,14,15). The Morgan fingerprint density at radius 1 is 1.40 bits per heavy atom. The molecule has 0 radical (unpaired) electrons. The third kappa shape index (κ3) is 2.30. The average molecular weight is 229 g/mol. The monoisotopic (exact) mass is 228 g/mol. The number of carboxylic acid groups (broad SMARTS) is 1. The molecule has 0 fully saturated rings. The van der Waals surface area contributed by atoms with Gasteiger partial charge in [-0.1, -0.05) is 29.8 Å². The number of halogens is 1. The highest BCUT2D eigenvalue weighted by Gasteiger charge is 2.37. The maximum Gasteiger partial charge on any atom is 0.312 e. The summed E-state index contributed by atoms with van der Waals surface area (Å²) in [7, 11) is 0. The summed E-state index contributed by atoms with van der Waals surface area (Å²) in [5.74, 6) is -1.06. The molecule has 1 aromatic carbocycles. The summed E-state index contributed by atoms with van der Waals surface area (Å²) in [6, 6.07) is 6.68. The summed E-state index contributed by atoms with van der Waals surface area (Å²) in [6.45, 7) is 2.92. The van der Waals surface area contributed by atoms with Crippen molar-refractivity contribution >= 4 is 17.6 Å². The number of aliphatic hydroxyl groups is 1. The lowest BCUT2D eigenvalue weighted by atomic mass is 9.83. The van der Waals surface area contributed by atoms with E-state index in [1.165, 1.54) is 13.8 Å². The topological polar surface area (TPSA) is 57.5 Å². The van der Waals surface area contributed by atoms with Crippen LogP contribution in [0.4, 0.5) is 0 Å². The number of hydrogen-bond acceptors (Lipinski definition) is 2. The molecule has 4 heteroatoms. The van der Waals surface area contributed by atoms with Gasteiger partial charge < -0.3 is 10.2 Å². The summed E-state index contributed by atoms with van der Waals surface area (Å²) in [5, 5.41) is 19.3. The van der Waals surface area contributed by atoms with Crippen molar-refractivity contribution in [2.45, 2.75) is 20.0 Å². The van der Waals surface area contributed by atoms with Gasteiger partial charge in [0, 0.05) is 10.6 Å². The van der Waals surface area contributed by atoms with E-state index in [1.807, 2.05) is 0 Å². The number of hydrogen-bond donors (Lipinski definition) is 2. The number of carboxylic acids is 1. The Morgan fingerprint density at radius 3 is 2.40 bits per heavy atom. The number of benzene rings is 1. The van der Waals surface area contributed by atoms with Gasteiger partial charge in [-0.05, 0) is 19.9 Å². The Hall–Kier alpha value is -1.06. The number of carbonyl (C=O) groups is 1. The summed E-state index contributed by atoms with van der Waals surface area (Å²) in [5.41, 5.74) is -0.822. The predicted octanol–water partition coefficient (Wildman–Crippen LogP) is 2.48. The van der Waals surface area contributed by atoms with E-state index in [9.17, 15) is 9.90 Å². The molecular weight excluding hydrogens is 216 g/mol. The molecule has 1 aromatic rings. The molecule has 0 bridgehead atoms. The van der Waals surface area contributed by atoms with Crippen LogP contribution in [0.3, 0.4) is 0 Å². The lowest BCUT2D eigenvalue weighted by molar-refractivity contribution is -0.153. The van der Waals surface area contributed by atoms with Gasteiger partial charge in [0.25, 0.3) is 0 Å². The molecule has 0 amide bonds. The first-order valence-corrected chi connectivity index (χ1v) is 4.91. The molecule has 0 aromatic heterocycles. The van der Waals surface area contributed by atoms with Crippen molar-refractivity contribution < 1.29 is 15.0 Å². The van der Waals surface area contributed by atoms with E-state index in [-0.39, 0.29) is 0 Å². The minimum atomic E-state index is -1.26. The van der Waals surface area contributed by atoms with Crippen molar-refractivity contribution in [2.75, 3.05) is 0 Å². The van der Waals surface area contributed by atoms with Crippen LogP contribution in [0.1, 0.15) is 25.5 Å². The smallest absolute Gasteiger partial charge is 0.312 e. The molecule has 1 unspecified atom stereocenters. The Balaban J connectivity index is 3.10. The molecule has 1 atom stereocenters. The quantitative estimate of drug-likeness (QED) is 0.836. The van der Waals surface area contributed by atoms with Gasteiger partial charge in [0.1, 0.15) is 0 Å². The molecule has 82 valence electrons. The van der Waals surface area contributed by atoms with E-state index in [1.54, 1.807) is 24.3 Å². The molecule has 0 saturated carbocycles. The van der Waals surface area contributed by atoms with Crippen molar-refractivity contribution in [3.8, 4) is 0 Å². The first-order valence-electron chi connectivity index (χ1n) is 4.53. The van der Waals surface area contributed by atoms with Gasteiger partial charge in [-0.3, -0.25) is 4.79 Å². The number of aliphatic hydroxyl groups excluding tert-OH is 1. The Kier molecular flexibility index (Phi) is 3.37. The van der Waals surface area contributed by atoms with E-state index in [4.69, 9.17) is 16.7 Å². The van der Waals surface area contributed by atoms with Gasteiger partial charge in [-0.2, -0.15) is 0 Å². The highest BCUT2D eigenvalue weighted by atomic mass is 35.5. The SMILES string of the molecule is CC(C)(C(=O)O)C(O)c1ccccc1Cl. The Morgan fingerprint density at radius 2 is 1.93 bits per heavy atom. The second-order valence-corrected chi connectivity index (χ2v) is 4.36. The average Bonchev–Trinajstić information content (AvgIpc) is 2.17. The largest absolute Gasteiger partial charge is 0.481 e. The van der Waals surface area contributed by atoms with Gasteiger partial charge in [-0.25, -0.2) is 0 Å². The molecule has 0 aliphatic rings. The molecule has 0 heterocycles. The fraction of sp³-hybridized carbons (Fsp3) is 0.364. The fourth-order valence-electron chi connectivity index (χ4n) is 1.20. The van der Waals surface area contributed by atoms with Crippen LogP contribution in [-0.2, 0) is 4.79 Å². The van der Waals surface area contributed by atoms with E-state index in [0.717, 1.165) is 0 Å². The van der Waals surface area contributed by atoms with Crippen LogP contribution < -0.4 is 0 Å². The van der Waals surface area contributed by atoms with Crippen molar-refractivity contribution in [2.24, 2.45) is 5.41 Å². The molecule has 2 N–H and O–H groups in total. The van der Waals surface area contributed by atoms with E-state index in [0.29, 0.717) is 10.6 Å². The van der Waals surface area contributed by atoms with Crippen LogP contribution in [0, 0.1) is 5.41 Å². The van der Waals surface area contributed by atoms with Crippen molar-refractivity contribution in [3.05, 3.63) is 34.9 Å². The fourth-order valence-corrected chi connectivity index (χ4v) is 1.44. The lowest BCUT2D eigenvalue weighted by Gasteiger charge is -2.26. The van der Waals surface area contributed by atoms with Crippen molar-refractivity contribution in [1.82, 2.24) is 0 Å². The van der Waals surface area contributed by atoms with Crippen LogP contribution in [0.2, 0.25) is 5.02 Å². The van der Waals surface area contributed by atoms with E-state index < -0.39 is 17.5 Å². The highest BCUT2D eigenvalue weighted by Crippen LogP contribution is 2.36. The molecule has 0 saturated heterocycles. The molecule has 1 rings (SSSR count). The van der Waals surface area contributed by atoms with Crippen molar-refractivity contribution in [3.63, 3.8) is 0 Å². The summed E-state index contributed by atoms with van der Waals surface area (Å²) in [6.07, 6.45) is -1.12. The highest BCUT2D eigenvalue weighted by molar-refractivity contribution is 6.31. The Bertz CT molecular complexity index is 374. The first-order chi connectivity index (χ1) is 6.87. The maximum absolute atomic E-state index is 10.9. The van der Waals surface area contributed by atoms with Gasteiger partial charge in [0.05, 0.1) is 11.5 Å². The maximum atomic E-state index is 10.9. The first kappa shape index (κ1) is 12.0. The van der Waals surface area contributed by atoms with Gasteiger partial charge >= 0.3 is 5.97 Å². The summed E-state index contributed by atoms with van der Waals surface area (Å²) >= 11 is 5.88. The molecule has 15 heavy (non-hydrogen) atoms. The number of rotatable bonds is 3. The zero-order valence-corrected chi connectivity index (χ0v) is 9.32. The van der Waals surface area contributed by atoms with Gasteiger partial charge in [0.15, 0.2) is 0 Å². The van der Waals surface area contributed by atoms with E-state index >= 15 is 0 Å². The lowest BCUT2D eigenvalue weighted by Crippen LogP contribution is -2.31. The summed E-state index contributed by atoms with van der Waals surface area (Å²) < 4.78 is 0. The van der Waals surface area contributed by atoms with Crippen molar-refractivity contribution in [1.29, 1.82) is 0 Å². The minimum Gasteiger partial charge on any atom is -0.481 e. The summed E-state index contributed by atoms with van der Waals surface area (Å²) in [4.78, 5) is 10.9. The predicted molar refractivity (Wildman–Crippen MR) is 57.8 cm³/mol. The second kappa shape index (κ2) is 4.21. The number of aliphatic carboxylic acids is 1. The molecule has 3 nitrogen and oxygen atoms in total. The molecule has 0 aliphatic carbocycles. The normalized spacial score (nSPS) is 13.6. The van der Waals surface area contributed by atoms with Crippen LogP contribution in [0.15, 0.2) is 24.3 Å². The third-order valence-corrected chi connectivity index (χ3v) is 2.78. The zero-order valence-electron chi connectivity index (χ0n) is 8.57. The van der Waals surface area contributed by atoms with E-state index in [2.05, 4.69) is 0 Å². The van der Waals surface area contributed by atoms with Crippen LogP contribution in [0.25, 0.3) is 0 Å². The molecular formula is C11H13ClO3. The van der Waals surface area contributed by atoms with Gasteiger partial charge in [-0.15, -0.1) is 0 Å². The molecule has 0 aliphatic heterocycles. The van der Waals surface area contributed by atoms with Gasteiger partial charge in [0.2, 0.25) is 0 Å². The van der Waals surface area contributed by atoms with Crippen LogP contribution in [-0.4, -0.2) is 16.2 Å². The minimum absolute atomic E-state index is 0.374. The zero-order chi connectivity index (χ0) is 11.6.